The monoisotopic (exact) mass is 214 g/mol. The third-order valence-electron chi connectivity index (χ3n) is 2.42. The number of amides is 1. The lowest BCUT2D eigenvalue weighted by atomic mass is 10.2. The van der Waals surface area contributed by atoms with Crippen LogP contribution < -0.4 is 5.73 Å². The van der Waals surface area contributed by atoms with E-state index in [0.29, 0.717) is 6.54 Å². The highest BCUT2D eigenvalue weighted by molar-refractivity contribution is 6.01. The number of likely N-dealkylation sites (N-methyl/N-ethyl adjacent to an activating group) is 1. The second-order valence-corrected chi connectivity index (χ2v) is 3.59. The van der Waals surface area contributed by atoms with Crippen molar-refractivity contribution in [1.82, 2.24) is 4.90 Å². The molecule has 0 aromatic heterocycles. The smallest absolute Gasteiger partial charge is 0.332 e. The molecule has 1 unspecified atom stereocenters. The average Bonchev–Trinajstić information content (AvgIpc) is 3.02. The van der Waals surface area contributed by atoms with Gasteiger partial charge in [0.1, 0.15) is 0 Å². The van der Waals surface area contributed by atoms with Gasteiger partial charge in [0.05, 0.1) is 6.61 Å². The number of hydrogen-bond donors (Lipinski definition) is 1. The van der Waals surface area contributed by atoms with Crippen molar-refractivity contribution in [2.75, 3.05) is 13.2 Å². The molecule has 0 bridgehead atoms. The Balaban J connectivity index is 2.53. The second-order valence-electron chi connectivity index (χ2n) is 3.59. The van der Waals surface area contributed by atoms with Crippen molar-refractivity contribution in [3.05, 3.63) is 0 Å². The van der Waals surface area contributed by atoms with Crippen LogP contribution in [0.15, 0.2) is 0 Å². The van der Waals surface area contributed by atoms with E-state index in [9.17, 15) is 9.59 Å². The summed E-state index contributed by atoms with van der Waals surface area (Å²) in [5.41, 5.74) is 5.52. The quantitative estimate of drug-likeness (QED) is 0.512. The minimum absolute atomic E-state index is 0.245. The predicted molar refractivity (Wildman–Crippen MR) is 55.0 cm³/mol. The van der Waals surface area contributed by atoms with Crippen LogP contribution in [-0.4, -0.2) is 42.0 Å². The van der Waals surface area contributed by atoms with Gasteiger partial charge in [-0.1, -0.05) is 0 Å². The first-order chi connectivity index (χ1) is 7.11. The molecule has 1 rings (SSSR count). The molecule has 1 saturated carbocycles. The molecule has 0 aromatic rings. The van der Waals surface area contributed by atoms with E-state index in [-0.39, 0.29) is 18.6 Å². The third kappa shape index (κ3) is 2.92. The molecule has 1 atom stereocenters. The summed E-state index contributed by atoms with van der Waals surface area (Å²) in [5, 5.41) is 0. The van der Waals surface area contributed by atoms with Gasteiger partial charge in [-0.3, -0.25) is 4.79 Å². The molecule has 86 valence electrons. The van der Waals surface area contributed by atoms with Gasteiger partial charge in [-0.25, -0.2) is 4.79 Å². The van der Waals surface area contributed by atoms with Gasteiger partial charge >= 0.3 is 5.97 Å². The predicted octanol–water partition coefficient (Wildman–Crippen LogP) is -0.112. The lowest BCUT2D eigenvalue weighted by molar-refractivity contribution is -0.151. The molecule has 1 aliphatic carbocycles. The highest BCUT2D eigenvalue weighted by atomic mass is 16.5. The normalized spacial score (nSPS) is 17.0. The van der Waals surface area contributed by atoms with Crippen molar-refractivity contribution in [2.45, 2.75) is 38.8 Å². The van der Waals surface area contributed by atoms with E-state index >= 15 is 0 Å². The van der Waals surface area contributed by atoms with Gasteiger partial charge < -0.3 is 15.4 Å². The molecule has 5 nitrogen and oxygen atoms in total. The Hall–Kier alpha value is -1.10. The van der Waals surface area contributed by atoms with E-state index in [1.165, 1.54) is 0 Å². The van der Waals surface area contributed by atoms with Crippen LogP contribution in [0.4, 0.5) is 0 Å². The van der Waals surface area contributed by atoms with E-state index < -0.39 is 12.0 Å². The molecule has 15 heavy (non-hydrogen) atoms. The van der Waals surface area contributed by atoms with Crippen LogP contribution in [0.1, 0.15) is 26.7 Å². The van der Waals surface area contributed by atoms with Crippen molar-refractivity contribution in [2.24, 2.45) is 5.73 Å². The Morgan fingerprint density at radius 2 is 2.07 bits per heavy atom. The lowest BCUT2D eigenvalue weighted by Gasteiger charge is -2.22. The van der Waals surface area contributed by atoms with Crippen LogP contribution in [0.2, 0.25) is 0 Å². The van der Waals surface area contributed by atoms with Crippen molar-refractivity contribution < 1.29 is 14.3 Å². The zero-order valence-corrected chi connectivity index (χ0v) is 9.23. The van der Waals surface area contributed by atoms with Crippen molar-refractivity contribution >= 4 is 11.9 Å². The molecule has 5 heteroatoms. The van der Waals surface area contributed by atoms with Crippen LogP contribution in [0.25, 0.3) is 0 Å². The molecule has 0 heterocycles. The SMILES string of the molecule is CCOC(=O)C(N)C(=O)N(CC)C1CC1. The highest BCUT2D eigenvalue weighted by Gasteiger charge is 2.36. The van der Waals surface area contributed by atoms with Crippen molar-refractivity contribution in [3.8, 4) is 0 Å². The Morgan fingerprint density at radius 3 is 2.47 bits per heavy atom. The van der Waals surface area contributed by atoms with E-state index in [1.807, 2.05) is 6.92 Å². The van der Waals surface area contributed by atoms with Crippen LogP contribution in [0.5, 0.6) is 0 Å². The molecular weight excluding hydrogens is 196 g/mol. The third-order valence-corrected chi connectivity index (χ3v) is 2.42. The van der Waals surface area contributed by atoms with Gasteiger partial charge in [-0.05, 0) is 26.7 Å². The average molecular weight is 214 g/mol. The van der Waals surface area contributed by atoms with Crippen molar-refractivity contribution in [1.29, 1.82) is 0 Å². The summed E-state index contributed by atoms with van der Waals surface area (Å²) in [4.78, 5) is 24.7. The van der Waals surface area contributed by atoms with Gasteiger partial charge in [-0.15, -0.1) is 0 Å². The van der Waals surface area contributed by atoms with E-state index in [4.69, 9.17) is 10.5 Å². The summed E-state index contributed by atoms with van der Waals surface area (Å²) in [7, 11) is 0. The fourth-order valence-electron chi connectivity index (χ4n) is 1.49. The Morgan fingerprint density at radius 1 is 1.47 bits per heavy atom. The highest BCUT2D eigenvalue weighted by Crippen LogP contribution is 2.26. The van der Waals surface area contributed by atoms with Gasteiger partial charge in [0.2, 0.25) is 0 Å². The molecule has 0 aromatic carbocycles. The number of ether oxygens (including phenoxy) is 1. The Labute approximate surface area is 89.6 Å². The Bertz CT molecular complexity index is 251. The zero-order valence-electron chi connectivity index (χ0n) is 9.23. The molecule has 0 spiro atoms. The summed E-state index contributed by atoms with van der Waals surface area (Å²) in [6.45, 7) is 4.41. The summed E-state index contributed by atoms with van der Waals surface area (Å²) in [5.74, 6) is -0.958. The fraction of sp³-hybridized carbons (Fsp3) is 0.800. The maximum absolute atomic E-state index is 11.8. The summed E-state index contributed by atoms with van der Waals surface area (Å²) in [6.07, 6.45) is 2.02. The molecule has 0 saturated heterocycles. The summed E-state index contributed by atoms with van der Waals surface area (Å²) < 4.78 is 4.71. The molecule has 2 N–H and O–H groups in total. The van der Waals surface area contributed by atoms with Gasteiger partial charge in [0, 0.05) is 12.6 Å². The molecule has 0 aliphatic heterocycles. The number of nitrogens with zero attached hydrogens (tertiary/aromatic N) is 1. The molecular formula is C10H18N2O3. The van der Waals surface area contributed by atoms with E-state index in [2.05, 4.69) is 0 Å². The molecule has 1 fully saturated rings. The van der Waals surface area contributed by atoms with E-state index in [0.717, 1.165) is 12.8 Å². The minimum atomic E-state index is -1.16. The van der Waals surface area contributed by atoms with Crippen molar-refractivity contribution in [3.63, 3.8) is 0 Å². The van der Waals surface area contributed by atoms with Gasteiger partial charge in [0.15, 0.2) is 6.04 Å². The summed E-state index contributed by atoms with van der Waals surface area (Å²) in [6, 6.07) is -0.881. The van der Waals surface area contributed by atoms with Crippen LogP contribution in [0, 0.1) is 0 Å². The van der Waals surface area contributed by atoms with Crippen LogP contribution in [0.3, 0.4) is 0 Å². The molecule has 1 aliphatic rings. The zero-order chi connectivity index (χ0) is 11.4. The largest absolute Gasteiger partial charge is 0.464 e. The number of esters is 1. The standard InChI is InChI=1S/C10H18N2O3/c1-3-12(7-5-6-7)9(13)8(11)10(14)15-4-2/h7-8H,3-6,11H2,1-2H3. The second kappa shape index (κ2) is 5.11. The fourth-order valence-corrected chi connectivity index (χ4v) is 1.49. The first kappa shape index (κ1) is 12.0. The number of hydrogen-bond acceptors (Lipinski definition) is 4. The minimum Gasteiger partial charge on any atom is -0.464 e. The lowest BCUT2D eigenvalue weighted by Crippen LogP contribution is -2.49. The first-order valence-electron chi connectivity index (χ1n) is 5.34. The van der Waals surface area contributed by atoms with Gasteiger partial charge in [-0.2, -0.15) is 0 Å². The van der Waals surface area contributed by atoms with Gasteiger partial charge in [0.25, 0.3) is 5.91 Å². The number of carbonyl (C=O) groups is 2. The maximum atomic E-state index is 11.8. The number of rotatable bonds is 5. The van der Waals surface area contributed by atoms with Crippen LogP contribution >= 0.6 is 0 Å². The van der Waals surface area contributed by atoms with Crippen LogP contribution in [-0.2, 0) is 14.3 Å². The molecule has 1 amide bonds. The number of nitrogens with two attached hydrogens (primary N) is 1. The Kier molecular flexibility index (Phi) is 4.08. The number of carbonyl (C=O) groups excluding carboxylic acids is 2. The van der Waals surface area contributed by atoms with E-state index in [1.54, 1.807) is 11.8 Å². The topological polar surface area (TPSA) is 72.6 Å². The molecule has 0 radical (unpaired) electrons. The summed E-state index contributed by atoms with van der Waals surface area (Å²) >= 11 is 0. The first-order valence-corrected chi connectivity index (χ1v) is 5.34. The maximum Gasteiger partial charge on any atom is 0.332 e.